The van der Waals surface area contributed by atoms with Crippen molar-refractivity contribution in [1.82, 2.24) is 0 Å². The molecular formula is C15H13NOS. The summed E-state index contributed by atoms with van der Waals surface area (Å²) in [5.41, 5.74) is 1.83. The fourth-order valence-corrected chi connectivity index (χ4v) is 3.21. The standard InChI is InChI=1S/C15H13NOS/c16-11-15(9-12-5-8-18-10-12)6-7-17-14-4-2-1-3-13(14)15/h1-5,8,10H,6-7,9H2. The number of rotatable bonds is 2. The smallest absolute Gasteiger partial charge is 0.124 e. The predicted molar refractivity (Wildman–Crippen MR) is 71.9 cm³/mol. The molecule has 0 N–H and O–H groups in total. The summed E-state index contributed by atoms with van der Waals surface area (Å²) in [5.74, 6) is 0.862. The molecule has 18 heavy (non-hydrogen) atoms. The van der Waals surface area contributed by atoms with Gasteiger partial charge in [0.15, 0.2) is 0 Å². The number of thiophene rings is 1. The lowest BCUT2D eigenvalue weighted by atomic mass is 9.73. The van der Waals surface area contributed by atoms with Gasteiger partial charge in [0.25, 0.3) is 0 Å². The lowest BCUT2D eigenvalue weighted by Crippen LogP contribution is -2.33. The molecule has 90 valence electrons. The van der Waals surface area contributed by atoms with E-state index in [1.807, 2.05) is 24.3 Å². The Labute approximate surface area is 110 Å². The number of nitriles is 1. The Morgan fingerprint density at radius 3 is 3.00 bits per heavy atom. The summed E-state index contributed by atoms with van der Waals surface area (Å²) in [7, 11) is 0. The number of hydrogen-bond acceptors (Lipinski definition) is 3. The summed E-state index contributed by atoms with van der Waals surface area (Å²) in [6, 6.07) is 12.5. The highest BCUT2D eigenvalue weighted by atomic mass is 32.1. The molecule has 0 spiro atoms. The first-order chi connectivity index (χ1) is 8.84. The van der Waals surface area contributed by atoms with Crippen LogP contribution < -0.4 is 4.74 Å². The first kappa shape index (κ1) is 11.3. The molecule has 0 amide bonds. The van der Waals surface area contributed by atoms with Crippen LogP contribution in [0.3, 0.4) is 0 Å². The van der Waals surface area contributed by atoms with E-state index >= 15 is 0 Å². The van der Waals surface area contributed by atoms with Crippen molar-refractivity contribution in [2.45, 2.75) is 18.3 Å². The summed E-state index contributed by atoms with van der Waals surface area (Å²) in [4.78, 5) is 0. The molecule has 2 nitrogen and oxygen atoms in total. The summed E-state index contributed by atoms with van der Waals surface area (Å²) >= 11 is 1.68. The Morgan fingerprint density at radius 2 is 2.22 bits per heavy atom. The molecule has 3 heteroatoms. The van der Waals surface area contributed by atoms with E-state index in [1.165, 1.54) is 5.56 Å². The Balaban J connectivity index is 2.05. The van der Waals surface area contributed by atoms with Gasteiger partial charge in [-0.05, 0) is 34.9 Å². The highest BCUT2D eigenvalue weighted by Crippen LogP contribution is 2.40. The third-order valence-electron chi connectivity index (χ3n) is 3.49. The number of nitrogens with zero attached hydrogens (tertiary/aromatic N) is 1. The van der Waals surface area contributed by atoms with Crippen LogP contribution >= 0.6 is 11.3 Å². The van der Waals surface area contributed by atoms with Crippen molar-refractivity contribution >= 4 is 11.3 Å². The molecule has 1 atom stereocenters. The van der Waals surface area contributed by atoms with E-state index in [4.69, 9.17) is 4.74 Å². The molecule has 0 saturated carbocycles. The van der Waals surface area contributed by atoms with E-state index in [-0.39, 0.29) is 0 Å². The number of fused-ring (bicyclic) bond motifs is 1. The summed E-state index contributed by atoms with van der Waals surface area (Å²) in [5, 5.41) is 13.9. The van der Waals surface area contributed by atoms with Crippen LogP contribution in [-0.4, -0.2) is 6.61 Å². The van der Waals surface area contributed by atoms with Crippen molar-refractivity contribution in [2.24, 2.45) is 0 Å². The maximum Gasteiger partial charge on any atom is 0.124 e. The van der Waals surface area contributed by atoms with Gasteiger partial charge in [0.05, 0.1) is 18.1 Å². The Kier molecular flexibility index (Phi) is 2.81. The van der Waals surface area contributed by atoms with Gasteiger partial charge in [0, 0.05) is 12.0 Å². The highest BCUT2D eigenvalue weighted by Gasteiger charge is 2.38. The average molecular weight is 255 g/mol. The third-order valence-corrected chi connectivity index (χ3v) is 4.22. The molecule has 0 aliphatic carbocycles. The summed E-state index contributed by atoms with van der Waals surface area (Å²) < 4.78 is 5.65. The normalized spacial score (nSPS) is 21.7. The van der Waals surface area contributed by atoms with Gasteiger partial charge in [0.2, 0.25) is 0 Å². The van der Waals surface area contributed by atoms with Crippen LogP contribution in [0, 0.1) is 11.3 Å². The molecule has 1 unspecified atom stereocenters. The van der Waals surface area contributed by atoms with Gasteiger partial charge in [-0.3, -0.25) is 0 Å². The second-order valence-corrected chi connectivity index (χ2v) is 5.38. The minimum absolute atomic E-state index is 0.435. The van der Waals surface area contributed by atoms with Crippen LogP contribution in [0.25, 0.3) is 0 Å². The maximum absolute atomic E-state index is 9.68. The topological polar surface area (TPSA) is 33.0 Å². The Morgan fingerprint density at radius 1 is 1.33 bits per heavy atom. The second-order valence-electron chi connectivity index (χ2n) is 4.60. The van der Waals surface area contributed by atoms with Crippen molar-refractivity contribution in [3.05, 3.63) is 52.2 Å². The van der Waals surface area contributed by atoms with E-state index in [0.717, 1.165) is 24.2 Å². The zero-order chi connectivity index (χ0) is 12.4. The fourth-order valence-electron chi connectivity index (χ4n) is 2.54. The Bertz CT molecular complexity index is 585. The molecule has 0 radical (unpaired) electrons. The molecule has 2 heterocycles. The van der Waals surface area contributed by atoms with Crippen molar-refractivity contribution < 1.29 is 4.74 Å². The molecule has 0 bridgehead atoms. The van der Waals surface area contributed by atoms with E-state index in [2.05, 4.69) is 22.9 Å². The quantitative estimate of drug-likeness (QED) is 0.822. The second kappa shape index (κ2) is 4.47. The van der Waals surface area contributed by atoms with Crippen LogP contribution in [0.1, 0.15) is 17.5 Å². The highest BCUT2D eigenvalue weighted by molar-refractivity contribution is 7.07. The third kappa shape index (κ3) is 1.79. The van der Waals surface area contributed by atoms with Crippen LogP contribution in [0.15, 0.2) is 41.1 Å². The number of benzene rings is 1. The average Bonchev–Trinajstić information content (AvgIpc) is 2.92. The fraction of sp³-hybridized carbons (Fsp3) is 0.267. The van der Waals surface area contributed by atoms with Crippen LogP contribution in [0.2, 0.25) is 0 Å². The molecule has 1 aromatic carbocycles. The van der Waals surface area contributed by atoms with Gasteiger partial charge in [-0.15, -0.1) is 0 Å². The van der Waals surface area contributed by atoms with Crippen LogP contribution in [0.5, 0.6) is 5.75 Å². The zero-order valence-corrected chi connectivity index (χ0v) is 10.7. The van der Waals surface area contributed by atoms with E-state index in [0.29, 0.717) is 6.61 Å². The van der Waals surface area contributed by atoms with Crippen molar-refractivity contribution in [1.29, 1.82) is 5.26 Å². The van der Waals surface area contributed by atoms with E-state index < -0.39 is 5.41 Å². The van der Waals surface area contributed by atoms with E-state index in [9.17, 15) is 5.26 Å². The number of ether oxygens (including phenoxy) is 1. The predicted octanol–water partition coefficient (Wildman–Crippen LogP) is 3.53. The monoisotopic (exact) mass is 255 g/mol. The maximum atomic E-state index is 9.68. The minimum atomic E-state index is -0.435. The van der Waals surface area contributed by atoms with Gasteiger partial charge in [-0.25, -0.2) is 0 Å². The molecule has 1 aliphatic rings. The molecule has 3 rings (SSSR count). The molecule has 1 aliphatic heterocycles. The SMILES string of the molecule is N#CC1(Cc2ccsc2)CCOc2ccccc21. The van der Waals surface area contributed by atoms with Crippen molar-refractivity contribution in [3.63, 3.8) is 0 Å². The summed E-state index contributed by atoms with van der Waals surface area (Å²) in [6.07, 6.45) is 1.53. The first-order valence-corrected chi connectivity index (χ1v) is 6.93. The van der Waals surface area contributed by atoms with Gasteiger partial charge in [-0.1, -0.05) is 18.2 Å². The minimum Gasteiger partial charge on any atom is -0.493 e. The number of para-hydroxylation sites is 1. The molecular weight excluding hydrogens is 242 g/mol. The van der Waals surface area contributed by atoms with Gasteiger partial charge >= 0.3 is 0 Å². The van der Waals surface area contributed by atoms with Gasteiger partial charge in [0.1, 0.15) is 5.75 Å². The van der Waals surface area contributed by atoms with Gasteiger partial charge < -0.3 is 4.74 Å². The van der Waals surface area contributed by atoms with Crippen LogP contribution in [0.4, 0.5) is 0 Å². The lowest BCUT2D eigenvalue weighted by Gasteiger charge is -2.33. The van der Waals surface area contributed by atoms with Crippen molar-refractivity contribution in [2.75, 3.05) is 6.61 Å². The summed E-state index contributed by atoms with van der Waals surface area (Å²) in [6.45, 7) is 0.620. The molecule has 1 aromatic heterocycles. The van der Waals surface area contributed by atoms with Crippen LogP contribution in [-0.2, 0) is 11.8 Å². The molecule has 0 fully saturated rings. The first-order valence-electron chi connectivity index (χ1n) is 5.99. The van der Waals surface area contributed by atoms with E-state index in [1.54, 1.807) is 11.3 Å². The van der Waals surface area contributed by atoms with Crippen molar-refractivity contribution in [3.8, 4) is 11.8 Å². The Hall–Kier alpha value is -1.79. The van der Waals surface area contributed by atoms with Gasteiger partial charge in [-0.2, -0.15) is 16.6 Å². The molecule has 0 saturated heterocycles. The number of hydrogen-bond donors (Lipinski definition) is 0. The largest absolute Gasteiger partial charge is 0.493 e. The molecule has 2 aromatic rings. The lowest BCUT2D eigenvalue weighted by molar-refractivity contribution is 0.241. The zero-order valence-electron chi connectivity index (χ0n) is 9.93.